The van der Waals surface area contributed by atoms with Crippen LogP contribution in [-0.4, -0.2) is 19.2 Å². The molecule has 0 aromatic heterocycles. The second-order valence-corrected chi connectivity index (χ2v) is 4.78. The van der Waals surface area contributed by atoms with E-state index >= 15 is 0 Å². The highest BCUT2D eigenvalue weighted by Gasteiger charge is 2.02. The van der Waals surface area contributed by atoms with Crippen molar-refractivity contribution < 1.29 is 9.53 Å². The van der Waals surface area contributed by atoms with E-state index in [0.29, 0.717) is 25.0 Å². The maximum atomic E-state index is 11.1. The van der Waals surface area contributed by atoms with E-state index in [1.54, 1.807) is 0 Å². The first kappa shape index (κ1) is 14.3. The second-order valence-electron chi connectivity index (χ2n) is 4.78. The van der Waals surface area contributed by atoms with E-state index in [1.165, 1.54) is 0 Å². The van der Waals surface area contributed by atoms with Crippen LogP contribution in [0.4, 0.5) is 4.79 Å². The fraction of sp³-hybridized carbons (Fsp3) is 0.917. The van der Waals surface area contributed by atoms with E-state index in [4.69, 9.17) is 4.74 Å². The van der Waals surface area contributed by atoms with Gasteiger partial charge in [0.1, 0.15) is 0 Å². The summed E-state index contributed by atoms with van der Waals surface area (Å²) in [7, 11) is 0. The van der Waals surface area contributed by atoms with Crippen molar-refractivity contribution in [1.82, 2.24) is 5.32 Å². The third kappa shape index (κ3) is 11.2. The van der Waals surface area contributed by atoms with Crippen LogP contribution in [0.1, 0.15) is 47.0 Å². The Labute approximate surface area is 93.6 Å². The Morgan fingerprint density at radius 3 is 2.27 bits per heavy atom. The van der Waals surface area contributed by atoms with Gasteiger partial charge in [0.05, 0.1) is 6.61 Å². The summed E-state index contributed by atoms with van der Waals surface area (Å²) in [5.41, 5.74) is 0. The molecule has 0 aliphatic heterocycles. The maximum absolute atomic E-state index is 11.1. The number of amides is 1. The average Bonchev–Trinajstić information content (AvgIpc) is 2.11. The standard InChI is InChI=1S/C12H25NO2/c1-10(2)6-5-9-15-12(14)13-8-7-11(3)4/h10-11H,5-9H2,1-4H3,(H,13,14). The van der Waals surface area contributed by atoms with Gasteiger partial charge in [-0.3, -0.25) is 0 Å². The summed E-state index contributed by atoms with van der Waals surface area (Å²) >= 11 is 0. The lowest BCUT2D eigenvalue weighted by molar-refractivity contribution is 0.142. The molecule has 1 amide bonds. The van der Waals surface area contributed by atoms with Gasteiger partial charge in [0.15, 0.2) is 0 Å². The Morgan fingerprint density at radius 2 is 1.73 bits per heavy atom. The maximum Gasteiger partial charge on any atom is 0.407 e. The third-order valence-electron chi connectivity index (χ3n) is 2.15. The number of hydrogen-bond donors (Lipinski definition) is 1. The van der Waals surface area contributed by atoms with Crippen molar-refractivity contribution in [2.45, 2.75) is 47.0 Å². The predicted octanol–water partition coefficient (Wildman–Crippen LogP) is 3.19. The highest BCUT2D eigenvalue weighted by atomic mass is 16.5. The summed E-state index contributed by atoms with van der Waals surface area (Å²) in [4.78, 5) is 11.1. The van der Waals surface area contributed by atoms with Crippen LogP contribution in [-0.2, 0) is 4.74 Å². The van der Waals surface area contributed by atoms with Gasteiger partial charge in [0.2, 0.25) is 0 Å². The number of nitrogens with one attached hydrogen (secondary N) is 1. The van der Waals surface area contributed by atoms with Crippen molar-refractivity contribution in [3.8, 4) is 0 Å². The Morgan fingerprint density at radius 1 is 1.13 bits per heavy atom. The Balaban J connectivity index is 3.26. The zero-order valence-corrected chi connectivity index (χ0v) is 10.5. The van der Waals surface area contributed by atoms with Crippen LogP contribution >= 0.6 is 0 Å². The minimum Gasteiger partial charge on any atom is -0.450 e. The minimum atomic E-state index is -0.278. The highest BCUT2D eigenvalue weighted by molar-refractivity contribution is 5.66. The van der Waals surface area contributed by atoms with Gasteiger partial charge in [-0.2, -0.15) is 0 Å². The molecule has 3 heteroatoms. The average molecular weight is 215 g/mol. The van der Waals surface area contributed by atoms with Crippen molar-refractivity contribution >= 4 is 6.09 Å². The monoisotopic (exact) mass is 215 g/mol. The normalized spacial score (nSPS) is 10.8. The molecule has 0 unspecified atom stereocenters. The van der Waals surface area contributed by atoms with Gasteiger partial charge in [-0.15, -0.1) is 0 Å². The lowest BCUT2D eigenvalue weighted by Gasteiger charge is -2.08. The quantitative estimate of drug-likeness (QED) is 0.662. The summed E-state index contributed by atoms with van der Waals surface area (Å²) in [6.45, 7) is 9.85. The number of carbonyl (C=O) groups excluding carboxylic acids is 1. The molecule has 0 saturated heterocycles. The fourth-order valence-corrected chi connectivity index (χ4v) is 1.17. The fourth-order valence-electron chi connectivity index (χ4n) is 1.17. The molecule has 0 spiro atoms. The van der Waals surface area contributed by atoms with Gasteiger partial charge in [0, 0.05) is 6.54 Å². The summed E-state index contributed by atoms with van der Waals surface area (Å²) in [6, 6.07) is 0. The third-order valence-corrected chi connectivity index (χ3v) is 2.15. The summed E-state index contributed by atoms with van der Waals surface area (Å²) in [5, 5.41) is 2.74. The van der Waals surface area contributed by atoms with Gasteiger partial charge in [-0.25, -0.2) is 4.79 Å². The molecule has 0 fully saturated rings. The van der Waals surface area contributed by atoms with Crippen LogP contribution in [0.15, 0.2) is 0 Å². The lowest BCUT2D eigenvalue weighted by atomic mass is 10.1. The van der Waals surface area contributed by atoms with E-state index < -0.39 is 0 Å². The number of carbonyl (C=O) groups is 1. The van der Waals surface area contributed by atoms with Gasteiger partial charge < -0.3 is 10.1 Å². The molecule has 0 saturated carbocycles. The smallest absolute Gasteiger partial charge is 0.407 e. The molecule has 0 radical (unpaired) electrons. The summed E-state index contributed by atoms with van der Waals surface area (Å²) < 4.78 is 5.02. The molecule has 0 rings (SSSR count). The lowest BCUT2D eigenvalue weighted by Crippen LogP contribution is -2.26. The number of alkyl carbamates (subject to hydrolysis) is 1. The number of hydrogen-bond acceptors (Lipinski definition) is 2. The van der Waals surface area contributed by atoms with E-state index in [2.05, 4.69) is 33.0 Å². The Bertz CT molecular complexity index is 167. The molecule has 0 aromatic rings. The molecule has 1 N–H and O–H groups in total. The SMILES string of the molecule is CC(C)CCCOC(=O)NCCC(C)C. The molecule has 3 nitrogen and oxygen atoms in total. The molecular formula is C12H25NO2. The van der Waals surface area contributed by atoms with Gasteiger partial charge in [0.25, 0.3) is 0 Å². The van der Waals surface area contributed by atoms with Crippen LogP contribution in [0, 0.1) is 11.8 Å². The second kappa shape index (κ2) is 8.57. The molecular weight excluding hydrogens is 190 g/mol. The Hall–Kier alpha value is -0.730. The number of rotatable bonds is 7. The molecule has 0 aliphatic rings. The van der Waals surface area contributed by atoms with Crippen molar-refractivity contribution in [3.05, 3.63) is 0 Å². The molecule has 0 aliphatic carbocycles. The first-order valence-corrected chi connectivity index (χ1v) is 5.93. The molecule has 0 atom stereocenters. The van der Waals surface area contributed by atoms with Crippen LogP contribution in [0.2, 0.25) is 0 Å². The van der Waals surface area contributed by atoms with E-state index in [1.807, 2.05) is 0 Å². The zero-order chi connectivity index (χ0) is 11.7. The van der Waals surface area contributed by atoms with E-state index in [9.17, 15) is 4.79 Å². The van der Waals surface area contributed by atoms with Gasteiger partial charge in [-0.1, -0.05) is 27.7 Å². The number of ether oxygens (including phenoxy) is 1. The predicted molar refractivity (Wildman–Crippen MR) is 62.9 cm³/mol. The summed E-state index contributed by atoms with van der Waals surface area (Å²) in [6.07, 6.45) is 2.79. The van der Waals surface area contributed by atoms with Crippen molar-refractivity contribution in [2.75, 3.05) is 13.2 Å². The van der Waals surface area contributed by atoms with Crippen LogP contribution in [0.3, 0.4) is 0 Å². The first-order valence-electron chi connectivity index (χ1n) is 5.93. The van der Waals surface area contributed by atoms with Crippen LogP contribution in [0.5, 0.6) is 0 Å². The molecule has 0 bridgehead atoms. The zero-order valence-electron chi connectivity index (χ0n) is 10.5. The van der Waals surface area contributed by atoms with Crippen molar-refractivity contribution in [3.63, 3.8) is 0 Å². The largest absolute Gasteiger partial charge is 0.450 e. The van der Waals surface area contributed by atoms with Gasteiger partial charge in [-0.05, 0) is 31.1 Å². The van der Waals surface area contributed by atoms with Crippen molar-refractivity contribution in [1.29, 1.82) is 0 Å². The molecule has 15 heavy (non-hydrogen) atoms. The Kier molecular flexibility index (Phi) is 8.15. The first-order chi connectivity index (χ1) is 7.02. The van der Waals surface area contributed by atoms with Gasteiger partial charge >= 0.3 is 6.09 Å². The topological polar surface area (TPSA) is 38.3 Å². The summed E-state index contributed by atoms with van der Waals surface area (Å²) in [5.74, 6) is 1.30. The molecule has 0 heterocycles. The minimum absolute atomic E-state index is 0.278. The van der Waals surface area contributed by atoms with Crippen LogP contribution in [0.25, 0.3) is 0 Å². The van der Waals surface area contributed by atoms with E-state index in [-0.39, 0.29) is 6.09 Å². The highest BCUT2D eigenvalue weighted by Crippen LogP contribution is 2.03. The van der Waals surface area contributed by atoms with E-state index in [0.717, 1.165) is 19.3 Å². The molecule has 90 valence electrons. The molecule has 0 aromatic carbocycles. The van der Waals surface area contributed by atoms with Crippen LogP contribution < -0.4 is 5.32 Å². The van der Waals surface area contributed by atoms with Crippen molar-refractivity contribution in [2.24, 2.45) is 11.8 Å².